The number of nitrogens with one attached hydrogen (secondary N) is 1. The Morgan fingerprint density at radius 1 is 1.04 bits per heavy atom. The van der Waals surface area contributed by atoms with Crippen molar-refractivity contribution in [1.82, 2.24) is 9.97 Å². The first-order valence-electron chi connectivity index (χ1n) is 9.61. The van der Waals surface area contributed by atoms with E-state index in [2.05, 4.69) is 34.3 Å². The van der Waals surface area contributed by atoms with E-state index in [9.17, 15) is 9.18 Å². The molecular formula is C23H24FN3O. The summed E-state index contributed by atoms with van der Waals surface area (Å²) in [4.78, 5) is 21.4. The average Bonchev–Trinajstić information content (AvgIpc) is 2.71. The highest BCUT2D eigenvalue weighted by atomic mass is 19.1. The van der Waals surface area contributed by atoms with Crippen LogP contribution in [0.4, 0.5) is 10.2 Å². The minimum atomic E-state index is -0.287. The van der Waals surface area contributed by atoms with Crippen molar-refractivity contribution in [3.05, 3.63) is 77.9 Å². The van der Waals surface area contributed by atoms with Crippen LogP contribution in [0.2, 0.25) is 0 Å². The highest BCUT2D eigenvalue weighted by Crippen LogP contribution is 2.21. The predicted molar refractivity (Wildman–Crippen MR) is 109 cm³/mol. The number of halogens is 1. The molecule has 4 nitrogen and oxygen atoms in total. The fraction of sp³-hybridized carbons (Fsp3) is 0.261. The SMILES string of the molecule is CCCc1nc(-c2ccc(F)cc2)cnc1NC(=O)CCCc1ccccc1. The van der Waals surface area contributed by atoms with Crippen LogP contribution in [0.1, 0.15) is 37.4 Å². The molecule has 2 aromatic carbocycles. The van der Waals surface area contributed by atoms with Gasteiger partial charge in [0.05, 0.1) is 17.6 Å². The number of carbonyl (C=O) groups is 1. The van der Waals surface area contributed by atoms with Gasteiger partial charge in [-0.1, -0.05) is 43.7 Å². The standard InChI is InChI=1S/C23H24FN3O/c1-2-7-20-23(25-16-21(26-20)18-12-14-19(24)15-13-18)27-22(28)11-6-10-17-8-4-3-5-9-17/h3-5,8-9,12-16H,2,6-7,10-11H2,1H3,(H,25,27,28). The maximum Gasteiger partial charge on any atom is 0.225 e. The Kier molecular flexibility index (Phi) is 6.84. The highest BCUT2D eigenvalue weighted by molar-refractivity contribution is 5.90. The number of nitrogens with zero attached hydrogens (tertiary/aromatic N) is 2. The Morgan fingerprint density at radius 3 is 2.50 bits per heavy atom. The summed E-state index contributed by atoms with van der Waals surface area (Å²) in [6.45, 7) is 2.05. The molecule has 0 bridgehead atoms. The molecule has 0 saturated carbocycles. The molecule has 0 aliphatic carbocycles. The molecular weight excluding hydrogens is 353 g/mol. The van der Waals surface area contributed by atoms with Gasteiger partial charge >= 0.3 is 0 Å². The average molecular weight is 377 g/mol. The van der Waals surface area contributed by atoms with Crippen LogP contribution in [0.5, 0.6) is 0 Å². The summed E-state index contributed by atoms with van der Waals surface area (Å²) in [7, 11) is 0. The van der Waals surface area contributed by atoms with Crippen LogP contribution in [0.3, 0.4) is 0 Å². The molecule has 1 amide bonds. The van der Waals surface area contributed by atoms with Crippen LogP contribution in [0.25, 0.3) is 11.3 Å². The number of hydrogen-bond donors (Lipinski definition) is 1. The molecule has 0 unspecified atom stereocenters. The summed E-state index contributed by atoms with van der Waals surface area (Å²) in [6, 6.07) is 16.3. The molecule has 0 saturated heterocycles. The van der Waals surface area contributed by atoms with E-state index in [0.717, 1.165) is 30.5 Å². The van der Waals surface area contributed by atoms with E-state index >= 15 is 0 Å². The number of carbonyl (C=O) groups excluding carboxylic acids is 1. The summed E-state index contributed by atoms with van der Waals surface area (Å²) in [6.07, 6.45) is 5.29. The third kappa shape index (κ3) is 5.46. The Labute approximate surface area is 164 Å². The Bertz CT molecular complexity index is 911. The van der Waals surface area contributed by atoms with Crippen LogP contribution in [-0.2, 0) is 17.6 Å². The molecule has 144 valence electrons. The van der Waals surface area contributed by atoms with Crippen molar-refractivity contribution in [1.29, 1.82) is 0 Å². The summed E-state index contributed by atoms with van der Waals surface area (Å²) in [5.74, 6) is 0.166. The van der Waals surface area contributed by atoms with Crippen molar-refractivity contribution in [2.45, 2.75) is 39.0 Å². The molecule has 1 N–H and O–H groups in total. The summed E-state index contributed by atoms with van der Waals surface area (Å²) in [5.41, 5.74) is 3.45. The summed E-state index contributed by atoms with van der Waals surface area (Å²) < 4.78 is 13.1. The van der Waals surface area contributed by atoms with Crippen LogP contribution in [0.15, 0.2) is 60.8 Å². The highest BCUT2D eigenvalue weighted by Gasteiger charge is 2.12. The van der Waals surface area contributed by atoms with Crippen LogP contribution in [0, 0.1) is 5.82 Å². The second-order valence-electron chi connectivity index (χ2n) is 6.69. The van der Waals surface area contributed by atoms with Crippen LogP contribution < -0.4 is 5.32 Å². The lowest BCUT2D eigenvalue weighted by Crippen LogP contribution is -2.15. The van der Waals surface area contributed by atoms with Crippen molar-refractivity contribution >= 4 is 11.7 Å². The molecule has 28 heavy (non-hydrogen) atoms. The fourth-order valence-electron chi connectivity index (χ4n) is 2.99. The van der Waals surface area contributed by atoms with Crippen molar-refractivity contribution in [2.75, 3.05) is 5.32 Å². The van der Waals surface area contributed by atoms with Gasteiger partial charge in [0.15, 0.2) is 5.82 Å². The smallest absolute Gasteiger partial charge is 0.225 e. The predicted octanol–water partition coefficient (Wildman–Crippen LogP) is 5.20. The van der Waals surface area contributed by atoms with Crippen molar-refractivity contribution in [3.63, 3.8) is 0 Å². The minimum absolute atomic E-state index is 0.0582. The first-order valence-corrected chi connectivity index (χ1v) is 9.61. The normalized spacial score (nSPS) is 10.6. The van der Waals surface area contributed by atoms with Gasteiger partial charge in [-0.3, -0.25) is 4.79 Å². The number of anilines is 1. The zero-order valence-electron chi connectivity index (χ0n) is 16.0. The zero-order chi connectivity index (χ0) is 19.8. The van der Waals surface area contributed by atoms with E-state index in [1.54, 1.807) is 18.3 Å². The Morgan fingerprint density at radius 2 is 1.79 bits per heavy atom. The lowest BCUT2D eigenvalue weighted by Gasteiger charge is -2.11. The number of benzene rings is 2. The first-order chi connectivity index (χ1) is 13.7. The summed E-state index contributed by atoms with van der Waals surface area (Å²) in [5, 5.41) is 2.90. The molecule has 0 radical (unpaired) electrons. The maximum atomic E-state index is 13.1. The molecule has 0 aliphatic rings. The monoisotopic (exact) mass is 377 g/mol. The van der Waals surface area contributed by atoms with E-state index in [1.807, 2.05) is 18.2 Å². The van der Waals surface area contributed by atoms with Gasteiger partial charge in [-0.15, -0.1) is 0 Å². The first kappa shape index (κ1) is 19.7. The van der Waals surface area contributed by atoms with E-state index in [-0.39, 0.29) is 11.7 Å². The third-order valence-corrected chi connectivity index (χ3v) is 4.44. The van der Waals surface area contributed by atoms with Gasteiger partial charge in [-0.2, -0.15) is 0 Å². The van der Waals surface area contributed by atoms with Crippen LogP contribution >= 0.6 is 0 Å². The minimum Gasteiger partial charge on any atom is -0.309 e. The Balaban J connectivity index is 1.65. The van der Waals surface area contributed by atoms with Crippen molar-refractivity contribution in [3.8, 4) is 11.3 Å². The molecule has 3 rings (SSSR count). The maximum absolute atomic E-state index is 13.1. The molecule has 0 spiro atoms. The van der Waals surface area contributed by atoms with E-state index in [4.69, 9.17) is 0 Å². The van der Waals surface area contributed by atoms with E-state index < -0.39 is 0 Å². The molecule has 0 atom stereocenters. The second kappa shape index (κ2) is 9.74. The number of aryl methyl sites for hydroxylation is 2. The van der Waals surface area contributed by atoms with Gasteiger partial charge in [0.25, 0.3) is 0 Å². The number of aromatic nitrogens is 2. The van der Waals surface area contributed by atoms with Gasteiger partial charge in [0.2, 0.25) is 5.91 Å². The van der Waals surface area contributed by atoms with Gasteiger partial charge in [0, 0.05) is 12.0 Å². The third-order valence-electron chi connectivity index (χ3n) is 4.44. The van der Waals surface area contributed by atoms with E-state index in [0.29, 0.717) is 24.4 Å². The summed E-state index contributed by atoms with van der Waals surface area (Å²) >= 11 is 0. The second-order valence-corrected chi connectivity index (χ2v) is 6.69. The van der Waals surface area contributed by atoms with Gasteiger partial charge in [-0.25, -0.2) is 14.4 Å². The van der Waals surface area contributed by atoms with Crippen molar-refractivity contribution < 1.29 is 9.18 Å². The van der Waals surface area contributed by atoms with Gasteiger partial charge in [0.1, 0.15) is 5.82 Å². The molecule has 0 fully saturated rings. The quantitative estimate of drug-likeness (QED) is 0.587. The van der Waals surface area contributed by atoms with Gasteiger partial charge < -0.3 is 5.32 Å². The lowest BCUT2D eigenvalue weighted by atomic mass is 10.1. The lowest BCUT2D eigenvalue weighted by molar-refractivity contribution is -0.116. The molecule has 1 aromatic heterocycles. The topological polar surface area (TPSA) is 54.9 Å². The molecule has 3 aromatic rings. The molecule has 0 aliphatic heterocycles. The number of amides is 1. The zero-order valence-corrected chi connectivity index (χ0v) is 16.0. The number of hydrogen-bond acceptors (Lipinski definition) is 3. The van der Waals surface area contributed by atoms with Gasteiger partial charge in [-0.05, 0) is 49.1 Å². The molecule has 5 heteroatoms. The molecule has 1 heterocycles. The van der Waals surface area contributed by atoms with Crippen LogP contribution in [-0.4, -0.2) is 15.9 Å². The van der Waals surface area contributed by atoms with Crippen molar-refractivity contribution in [2.24, 2.45) is 0 Å². The Hall–Kier alpha value is -3.08. The van der Waals surface area contributed by atoms with E-state index in [1.165, 1.54) is 17.7 Å². The fourth-order valence-corrected chi connectivity index (χ4v) is 2.99. The largest absolute Gasteiger partial charge is 0.309 e. The number of rotatable bonds is 8.